The second-order valence-electron chi connectivity index (χ2n) is 5.04. The maximum Gasteiger partial charge on any atom is 0.418 e. The van der Waals surface area contributed by atoms with E-state index >= 15 is 0 Å². The van der Waals surface area contributed by atoms with Gasteiger partial charge in [0.2, 0.25) is 0 Å². The van der Waals surface area contributed by atoms with Crippen molar-refractivity contribution in [1.82, 2.24) is 4.57 Å². The maximum absolute atomic E-state index is 13.0. The molecule has 18 heavy (non-hydrogen) atoms. The third-order valence-corrected chi connectivity index (χ3v) is 3.31. The standard InChI is InChI=1S/C12H16F3NO2/c1-6(2)11-8(12(13,14)15)3-7-4-9(17)10(18)5-16(7)11/h3,6,9-10,17-18H,4-5H2,1-2H3. The van der Waals surface area contributed by atoms with Crippen LogP contribution in [-0.2, 0) is 19.1 Å². The van der Waals surface area contributed by atoms with E-state index in [0.29, 0.717) is 5.69 Å². The summed E-state index contributed by atoms with van der Waals surface area (Å²) < 4.78 is 40.3. The highest BCUT2D eigenvalue weighted by molar-refractivity contribution is 5.34. The van der Waals surface area contributed by atoms with Crippen molar-refractivity contribution in [2.75, 3.05) is 0 Å². The van der Waals surface area contributed by atoms with Gasteiger partial charge >= 0.3 is 6.18 Å². The van der Waals surface area contributed by atoms with Gasteiger partial charge in [-0.25, -0.2) is 0 Å². The lowest BCUT2D eigenvalue weighted by Gasteiger charge is -2.28. The molecule has 1 aromatic heterocycles. The SMILES string of the molecule is CC(C)c1c(C(F)(F)F)cc2n1CC(O)C(O)C2. The van der Waals surface area contributed by atoms with Gasteiger partial charge in [-0.15, -0.1) is 0 Å². The minimum absolute atomic E-state index is 0.0140. The third kappa shape index (κ3) is 2.14. The van der Waals surface area contributed by atoms with Gasteiger partial charge in [-0.1, -0.05) is 13.8 Å². The summed E-state index contributed by atoms with van der Waals surface area (Å²) in [6.45, 7) is 3.39. The predicted octanol–water partition coefficient (Wildman–Crippen LogP) is 1.91. The monoisotopic (exact) mass is 263 g/mol. The van der Waals surface area contributed by atoms with Crippen LogP contribution in [0.5, 0.6) is 0 Å². The number of rotatable bonds is 1. The Kier molecular flexibility index (Phi) is 3.19. The molecule has 1 aliphatic heterocycles. The number of hydrogen-bond acceptors (Lipinski definition) is 2. The first-order valence-electron chi connectivity index (χ1n) is 5.87. The average Bonchev–Trinajstić information content (AvgIpc) is 2.56. The average molecular weight is 263 g/mol. The molecular weight excluding hydrogens is 247 g/mol. The molecule has 1 aromatic rings. The van der Waals surface area contributed by atoms with E-state index in [0.717, 1.165) is 6.07 Å². The van der Waals surface area contributed by atoms with Crippen LogP contribution in [0.4, 0.5) is 13.2 Å². The second-order valence-corrected chi connectivity index (χ2v) is 5.04. The molecule has 102 valence electrons. The zero-order valence-electron chi connectivity index (χ0n) is 10.2. The Morgan fingerprint density at radius 2 is 1.89 bits per heavy atom. The Morgan fingerprint density at radius 3 is 2.39 bits per heavy atom. The first-order valence-corrected chi connectivity index (χ1v) is 5.87. The minimum Gasteiger partial charge on any atom is -0.390 e. The van der Waals surface area contributed by atoms with Crippen LogP contribution in [0.2, 0.25) is 0 Å². The first-order chi connectivity index (χ1) is 8.21. The summed E-state index contributed by atoms with van der Waals surface area (Å²) in [7, 11) is 0. The maximum atomic E-state index is 13.0. The van der Waals surface area contributed by atoms with Crippen molar-refractivity contribution in [3.8, 4) is 0 Å². The number of halogens is 3. The van der Waals surface area contributed by atoms with Gasteiger partial charge in [0.1, 0.15) is 0 Å². The zero-order chi connectivity index (χ0) is 13.7. The van der Waals surface area contributed by atoms with E-state index in [9.17, 15) is 23.4 Å². The molecule has 0 saturated heterocycles. The molecule has 0 amide bonds. The van der Waals surface area contributed by atoms with Gasteiger partial charge in [0.15, 0.2) is 0 Å². The number of aliphatic hydroxyl groups is 2. The van der Waals surface area contributed by atoms with Gasteiger partial charge in [0, 0.05) is 17.8 Å². The normalized spacial score (nSPS) is 24.4. The lowest BCUT2D eigenvalue weighted by atomic mass is 10.0. The fourth-order valence-corrected chi connectivity index (χ4v) is 2.51. The van der Waals surface area contributed by atoms with Crippen LogP contribution in [0, 0.1) is 0 Å². The number of hydrogen-bond donors (Lipinski definition) is 2. The van der Waals surface area contributed by atoms with Crippen molar-refractivity contribution in [2.24, 2.45) is 0 Å². The highest BCUT2D eigenvalue weighted by Gasteiger charge is 2.39. The molecule has 0 aliphatic carbocycles. The van der Waals surface area contributed by atoms with Crippen molar-refractivity contribution in [2.45, 2.75) is 51.1 Å². The fraction of sp³-hybridized carbons (Fsp3) is 0.667. The molecule has 2 rings (SSSR count). The van der Waals surface area contributed by atoms with Gasteiger partial charge in [0.25, 0.3) is 0 Å². The van der Waals surface area contributed by atoms with Crippen molar-refractivity contribution in [1.29, 1.82) is 0 Å². The van der Waals surface area contributed by atoms with Crippen molar-refractivity contribution >= 4 is 0 Å². The number of aromatic nitrogens is 1. The number of fused-ring (bicyclic) bond motifs is 1. The highest BCUT2D eigenvalue weighted by atomic mass is 19.4. The van der Waals surface area contributed by atoms with Crippen LogP contribution in [-0.4, -0.2) is 27.0 Å². The molecule has 3 nitrogen and oxygen atoms in total. The van der Waals surface area contributed by atoms with Gasteiger partial charge in [-0.2, -0.15) is 13.2 Å². The van der Waals surface area contributed by atoms with E-state index in [2.05, 4.69) is 0 Å². The summed E-state index contributed by atoms with van der Waals surface area (Å²) in [4.78, 5) is 0. The van der Waals surface area contributed by atoms with E-state index < -0.39 is 23.9 Å². The molecule has 0 radical (unpaired) electrons. The molecule has 0 bridgehead atoms. The quantitative estimate of drug-likeness (QED) is 0.813. The van der Waals surface area contributed by atoms with Gasteiger partial charge in [-0.05, 0) is 12.0 Å². The Hall–Kier alpha value is -1.01. The number of alkyl halides is 3. The van der Waals surface area contributed by atoms with Crippen molar-refractivity contribution < 1.29 is 23.4 Å². The Bertz CT molecular complexity index is 451. The van der Waals surface area contributed by atoms with Crippen LogP contribution >= 0.6 is 0 Å². The van der Waals surface area contributed by atoms with E-state index in [1.165, 1.54) is 4.57 Å². The van der Waals surface area contributed by atoms with Crippen LogP contribution in [0.15, 0.2) is 6.07 Å². The lowest BCUT2D eigenvalue weighted by Crippen LogP contribution is -2.38. The molecule has 2 heterocycles. The molecule has 2 unspecified atom stereocenters. The van der Waals surface area contributed by atoms with E-state index in [-0.39, 0.29) is 24.6 Å². The summed E-state index contributed by atoms with van der Waals surface area (Å²) in [6.07, 6.45) is -6.35. The minimum atomic E-state index is -4.40. The number of nitrogens with zero attached hydrogens (tertiary/aromatic N) is 1. The summed E-state index contributed by atoms with van der Waals surface area (Å²) in [6, 6.07) is 1.09. The van der Waals surface area contributed by atoms with E-state index in [1.807, 2.05) is 0 Å². The molecule has 0 spiro atoms. The molecule has 0 aromatic carbocycles. The molecule has 2 N–H and O–H groups in total. The van der Waals surface area contributed by atoms with Gasteiger partial charge in [-0.3, -0.25) is 0 Å². The molecule has 0 fully saturated rings. The smallest absolute Gasteiger partial charge is 0.390 e. The molecule has 0 saturated carbocycles. The van der Waals surface area contributed by atoms with Crippen LogP contribution in [0.1, 0.15) is 36.7 Å². The molecule has 2 atom stereocenters. The lowest BCUT2D eigenvalue weighted by molar-refractivity contribution is -0.138. The van der Waals surface area contributed by atoms with Gasteiger partial charge < -0.3 is 14.8 Å². The van der Waals surface area contributed by atoms with Crippen LogP contribution in [0.25, 0.3) is 0 Å². The van der Waals surface area contributed by atoms with E-state index in [1.54, 1.807) is 13.8 Å². The molecular formula is C12H16F3NO2. The van der Waals surface area contributed by atoms with E-state index in [4.69, 9.17) is 0 Å². The van der Waals surface area contributed by atoms with Crippen LogP contribution < -0.4 is 0 Å². The number of aliphatic hydroxyl groups excluding tert-OH is 2. The Balaban J connectivity index is 2.56. The Labute approximate surface area is 103 Å². The summed E-state index contributed by atoms with van der Waals surface area (Å²) in [5, 5.41) is 19.1. The van der Waals surface area contributed by atoms with Crippen LogP contribution in [0.3, 0.4) is 0 Å². The van der Waals surface area contributed by atoms with Crippen molar-refractivity contribution in [3.63, 3.8) is 0 Å². The summed E-state index contributed by atoms with van der Waals surface area (Å²) in [5.74, 6) is -0.294. The summed E-state index contributed by atoms with van der Waals surface area (Å²) >= 11 is 0. The third-order valence-electron chi connectivity index (χ3n) is 3.31. The summed E-state index contributed by atoms with van der Waals surface area (Å²) in [5.41, 5.74) is -0.0407. The topological polar surface area (TPSA) is 45.4 Å². The second kappa shape index (κ2) is 4.28. The predicted molar refractivity (Wildman–Crippen MR) is 59.2 cm³/mol. The largest absolute Gasteiger partial charge is 0.418 e. The Morgan fingerprint density at radius 1 is 1.28 bits per heavy atom. The zero-order valence-corrected chi connectivity index (χ0v) is 10.2. The van der Waals surface area contributed by atoms with Gasteiger partial charge in [0.05, 0.1) is 24.3 Å². The molecule has 6 heteroatoms. The fourth-order valence-electron chi connectivity index (χ4n) is 2.51. The highest BCUT2D eigenvalue weighted by Crippen LogP contribution is 2.39. The molecule has 1 aliphatic rings. The first kappa shape index (κ1) is 13.4. The van der Waals surface area contributed by atoms with Crippen molar-refractivity contribution in [3.05, 3.63) is 23.0 Å².